The predicted octanol–water partition coefficient (Wildman–Crippen LogP) is 3.51. The molecule has 3 rings (SSSR count). The summed E-state index contributed by atoms with van der Waals surface area (Å²) in [5, 5.41) is 11.4. The maximum absolute atomic E-state index is 12.7. The van der Waals surface area contributed by atoms with E-state index in [1.54, 1.807) is 0 Å². The van der Waals surface area contributed by atoms with Crippen LogP contribution in [0.5, 0.6) is 5.75 Å². The van der Waals surface area contributed by atoms with Gasteiger partial charge in [-0.2, -0.15) is 0 Å². The summed E-state index contributed by atoms with van der Waals surface area (Å²) in [6.07, 6.45) is 2.65. The number of hydrogen-bond donors (Lipinski definition) is 2. The monoisotopic (exact) mass is 438 g/mol. The molecule has 0 unspecified atom stereocenters. The summed E-state index contributed by atoms with van der Waals surface area (Å²) in [4.78, 5) is 48.8. The molecule has 1 aliphatic heterocycles. The molecule has 0 saturated heterocycles. The Labute approximate surface area is 186 Å². The van der Waals surface area contributed by atoms with Crippen molar-refractivity contribution in [3.05, 3.63) is 59.2 Å². The fourth-order valence-electron chi connectivity index (χ4n) is 3.57. The van der Waals surface area contributed by atoms with Crippen molar-refractivity contribution in [3.8, 4) is 5.75 Å². The minimum atomic E-state index is -0.988. The number of nitrogens with one attached hydrogen (secondary N) is 1. The number of hydrogen-bond acceptors (Lipinski definition) is 5. The molecular weight excluding hydrogens is 412 g/mol. The van der Waals surface area contributed by atoms with E-state index in [0.29, 0.717) is 18.0 Å². The number of rotatable bonds is 11. The van der Waals surface area contributed by atoms with E-state index in [1.807, 2.05) is 18.2 Å². The Hall–Kier alpha value is -3.68. The van der Waals surface area contributed by atoms with Crippen molar-refractivity contribution < 1.29 is 29.0 Å². The summed E-state index contributed by atoms with van der Waals surface area (Å²) in [7, 11) is 0. The van der Waals surface area contributed by atoms with Gasteiger partial charge in [0.1, 0.15) is 5.75 Å². The first-order valence-corrected chi connectivity index (χ1v) is 10.6. The first-order valence-electron chi connectivity index (χ1n) is 10.6. The van der Waals surface area contributed by atoms with Crippen molar-refractivity contribution in [2.45, 2.75) is 39.0 Å². The summed E-state index contributed by atoms with van der Waals surface area (Å²) in [5.74, 6) is -1.98. The minimum absolute atomic E-state index is 0.0177. The molecule has 168 valence electrons. The molecule has 2 aromatic carbocycles. The molecule has 0 saturated carbocycles. The van der Waals surface area contributed by atoms with Gasteiger partial charge in [0.15, 0.2) is 0 Å². The molecule has 0 atom stereocenters. The SMILES string of the molecule is CC(=O)Nc1cc2c(cc1OCCCCc1ccccc1)C(=O)N(CCCC(=O)O)C2=O. The van der Waals surface area contributed by atoms with E-state index >= 15 is 0 Å². The van der Waals surface area contributed by atoms with E-state index in [4.69, 9.17) is 9.84 Å². The number of unbranched alkanes of at least 4 members (excludes halogenated alkanes) is 1. The maximum atomic E-state index is 12.7. The summed E-state index contributed by atoms with van der Waals surface area (Å²) < 4.78 is 5.86. The molecule has 2 aromatic rings. The van der Waals surface area contributed by atoms with E-state index < -0.39 is 17.8 Å². The Balaban J connectivity index is 1.68. The van der Waals surface area contributed by atoms with Gasteiger partial charge in [-0.3, -0.25) is 24.1 Å². The number of ether oxygens (including phenoxy) is 1. The number of imide groups is 1. The number of benzene rings is 2. The van der Waals surface area contributed by atoms with Gasteiger partial charge in [-0.15, -0.1) is 0 Å². The highest BCUT2D eigenvalue weighted by Gasteiger charge is 2.36. The summed E-state index contributed by atoms with van der Waals surface area (Å²) in [6.45, 7) is 1.76. The second kappa shape index (κ2) is 10.6. The number of nitrogens with zero attached hydrogens (tertiary/aromatic N) is 1. The number of aryl methyl sites for hydroxylation is 1. The standard InChI is InChI=1S/C24H26N2O6/c1-16(27)25-20-14-18-19(24(31)26(23(18)30)12-7-11-22(28)29)15-21(20)32-13-6-5-10-17-8-3-2-4-9-17/h2-4,8-9,14-15H,5-7,10-13H2,1H3,(H,25,27)(H,28,29). The molecule has 0 radical (unpaired) electrons. The smallest absolute Gasteiger partial charge is 0.303 e. The van der Waals surface area contributed by atoms with Gasteiger partial charge in [0.2, 0.25) is 5.91 Å². The molecular formula is C24H26N2O6. The number of carboxylic acids is 1. The largest absolute Gasteiger partial charge is 0.491 e. The molecule has 1 heterocycles. The number of carbonyl (C=O) groups is 4. The normalized spacial score (nSPS) is 12.6. The van der Waals surface area contributed by atoms with E-state index in [-0.39, 0.29) is 36.4 Å². The highest BCUT2D eigenvalue weighted by atomic mass is 16.5. The molecule has 0 bridgehead atoms. The average Bonchev–Trinajstić information content (AvgIpc) is 2.98. The molecule has 8 heteroatoms. The molecule has 32 heavy (non-hydrogen) atoms. The van der Waals surface area contributed by atoms with E-state index in [2.05, 4.69) is 17.4 Å². The van der Waals surface area contributed by atoms with Gasteiger partial charge in [-0.05, 0) is 43.4 Å². The van der Waals surface area contributed by atoms with E-state index in [0.717, 1.165) is 24.2 Å². The molecule has 2 N–H and O–H groups in total. The van der Waals surface area contributed by atoms with Gasteiger partial charge in [0.25, 0.3) is 11.8 Å². The topological polar surface area (TPSA) is 113 Å². The van der Waals surface area contributed by atoms with Crippen LogP contribution in [-0.4, -0.2) is 46.8 Å². The first-order chi connectivity index (χ1) is 15.4. The molecule has 0 fully saturated rings. The van der Waals surface area contributed by atoms with Crippen LogP contribution < -0.4 is 10.1 Å². The summed E-state index contributed by atoms with van der Waals surface area (Å²) in [6, 6.07) is 13.0. The third kappa shape index (κ3) is 5.72. The van der Waals surface area contributed by atoms with Crippen LogP contribution in [0.25, 0.3) is 0 Å². The fourth-order valence-corrected chi connectivity index (χ4v) is 3.57. The second-order valence-corrected chi connectivity index (χ2v) is 7.63. The van der Waals surface area contributed by atoms with Crippen molar-refractivity contribution in [3.63, 3.8) is 0 Å². The molecule has 8 nitrogen and oxygen atoms in total. The number of anilines is 1. The number of amides is 3. The Morgan fingerprint density at radius 2 is 1.69 bits per heavy atom. The molecule has 0 aliphatic carbocycles. The zero-order valence-electron chi connectivity index (χ0n) is 17.9. The number of carbonyl (C=O) groups excluding carboxylic acids is 3. The van der Waals surface area contributed by atoms with Crippen LogP contribution in [0.15, 0.2) is 42.5 Å². The first kappa shape index (κ1) is 23.0. The van der Waals surface area contributed by atoms with E-state index in [1.165, 1.54) is 24.6 Å². The molecule has 0 spiro atoms. The zero-order chi connectivity index (χ0) is 23.1. The predicted molar refractivity (Wildman–Crippen MR) is 118 cm³/mol. The van der Waals surface area contributed by atoms with E-state index in [9.17, 15) is 19.2 Å². The Morgan fingerprint density at radius 3 is 2.34 bits per heavy atom. The lowest BCUT2D eigenvalue weighted by Crippen LogP contribution is -2.31. The fraction of sp³-hybridized carbons (Fsp3) is 0.333. The molecule has 3 amide bonds. The van der Waals surface area contributed by atoms with Gasteiger partial charge in [0.05, 0.1) is 23.4 Å². The van der Waals surface area contributed by atoms with Crippen LogP contribution in [-0.2, 0) is 16.0 Å². The summed E-state index contributed by atoms with van der Waals surface area (Å²) >= 11 is 0. The van der Waals surface area contributed by atoms with Gasteiger partial charge in [-0.25, -0.2) is 0 Å². The average molecular weight is 438 g/mol. The van der Waals surface area contributed by atoms with Crippen LogP contribution in [0.3, 0.4) is 0 Å². The van der Waals surface area contributed by atoms with Crippen molar-refractivity contribution in [1.29, 1.82) is 0 Å². The Bertz CT molecular complexity index is 1020. The lowest BCUT2D eigenvalue weighted by molar-refractivity contribution is -0.137. The van der Waals surface area contributed by atoms with Gasteiger partial charge >= 0.3 is 5.97 Å². The van der Waals surface area contributed by atoms with Crippen molar-refractivity contribution >= 4 is 29.4 Å². The van der Waals surface area contributed by atoms with Crippen LogP contribution in [0.4, 0.5) is 5.69 Å². The van der Waals surface area contributed by atoms with Crippen LogP contribution in [0.2, 0.25) is 0 Å². The van der Waals surface area contributed by atoms with Crippen LogP contribution >= 0.6 is 0 Å². The maximum Gasteiger partial charge on any atom is 0.303 e. The van der Waals surface area contributed by atoms with Crippen LogP contribution in [0.1, 0.15) is 58.9 Å². The van der Waals surface area contributed by atoms with Crippen molar-refractivity contribution in [2.24, 2.45) is 0 Å². The molecule has 1 aliphatic rings. The summed E-state index contributed by atoms with van der Waals surface area (Å²) in [5.41, 5.74) is 1.94. The quantitative estimate of drug-likeness (QED) is 0.410. The highest BCUT2D eigenvalue weighted by Crippen LogP contribution is 2.34. The van der Waals surface area contributed by atoms with Crippen molar-refractivity contribution in [2.75, 3.05) is 18.5 Å². The zero-order valence-corrected chi connectivity index (χ0v) is 17.9. The third-order valence-corrected chi connectivity index (χ3v) is 5.11. The minimum Gasteiger partial charge on any atom is -0.491 e. The molecule has 0 aromatic heterocycles. The number of fused-ring (bicyclic) bond motifs is 1. The third-order valence-electron chi connectivity index (χ3n) is 5.11. The van der Waals surface area contributed by atoms with Gasteiger partial charge < -0.3 is 15.2 Å². The Morgan fingerprint density at radius 1 is 1.00 bits per heavy atom. The lowest BCUT2D eigenvalue weighted by atomic mass is 10.1. The highest BCUT2D eigenvalue weighted by molar-refractivity contribution is 6.22. The van der Waals surface area contributed by atoms with Crippen LogP contribution in [0, 0.1) is 0 Å². The lowest BCUT2D eigenvalue weighted by Gasteiger charge is -2.13. The van der Waals surface area contributed by atoms with Crippen molar-refractivity contribution in [1.82, 2.24) is 4.90 Å². The number of carboxylic acid groups (broad SMARTS) is 1. The number of aliphatic carboxylic acids is 1. The van der Waals surface area contributed by atoms with Gasteiger partial charge in [-0.1, -0.05) is 30.3 Å². The Kier molecular flexibility index (Phi) is 7.59. The second-order valence-electron chi connectivity index (χ2n) is 7.63. The van der Waals surface area contributed by atoms with Gasteiger partial charge in [0, 0.05) is 19.9 Å².